The molecule has 208 valence electrons. The van der Waals surface area contributed by atoms with E-state index in [1.807, 2.05) is 36.4 Å². The lowest BCUT2D eigenvalue weighted by molar-refractivity contribution is 0.0598. The minimum atomic E-state index is -4.80. The van der Waals surface area contributed by atoms with Crippen LogP contribution in [0.3, 0.4) is 0 Å². The van der Waals surface area contributed by atoms with Crippen LogP contribution >= 0.6 is 34.8 Å². The Morgan fingerprint density at radius 3 is 1.18 bits per heavy atom. The lowest BCUT2D eigenvalue weighted by atomic mass is 10.1. The van der Waals surface area contributed by atoms with Gasteiger partial charge in [0.1, 0.15) is 10.1 Å². The molecule has 0 atom stereocenters. The second kappa shape index (κ2) is 14.0. The van der Waals surface area contributed by atoms with Crippen LogP contribution in [-0.2, 0) is 30.5 Å². The van der Waals surface area contributed by atoms with Crippen molar-refractivity contribution in [3.63, 3.8) is 0 Å². The Labute approximate surface area is 249 Å². The number of carbonyl (C=O) groups excluding carboxylic acids is 2. The first-order valence-corrected chi connectivity index (χ1v) is 15.0. The zero-order chi connectivity index (χ0) is 29.4. The van der Waals surface area contributed by atoms with Gasteiger partial charge in [0.15, 0.2) is 14.7 Å². The van der Waals surface area contributed by atoms with Gasteiger partial charge < -0.3 is 14.0 Å². The summed E-state index contributed by atoms with van der Waals surface area (Å²) in [6, 6.07) is 26.6. The molecule has 0 saturated carbocycles. The van der Waals surface area contributed by atoms with E-state index in [4.69, 9.17) is 34.8 Å². The molecule has 7 nitrogen and oxygen atoms in total. The molecule has 0 aromatic heterocycles. The molecule has 0 spiro atoms. The molecule has 12 heteroatoms. The molecule has 0 aliphatic rings. The smallest absolute Gasteiger partial charge is 0.337 e. The first-order chi connectivity index (χ1) is 18.9. The van der Waals surface area contributed by atoms with E-state index in [0.29, 0.717) is 0 Å². The normalized spacial score (nSPS) is 10.9. The fourth-order valence-corrected chi connectivity index (χ4v) is 6.30. The molecule has 0 aliphatic heterocycles. The van der Waals surface area contributed by atoms with Gasteiger partial charge in [-0.05, 0) is 91.0 Å². The second-order valence-electron chi connectivity index (χ2n) is 7.85. The molecule has 4 rings (SSSR count). The van der Waals surface area contributed by atoms with Crippen LogP contribution in [-0.4, -0.2) is 39.1 Å². The number of methoxy groups -OCH3 is 2. The number of ether oxygens (including phenoxy) is 2. The van der Waals surface area contributed by atoms with Gasteiger partial charge in [0.05, 0.1) is 41.1 Å². The Morgan fingerprint density at radius 2 is 0.925 bits per heavy atom. The summed E-state index contributed by atoms with van der Waals surface area (Å²) in [5, 5.41) is 2.21. The molecule has 4 aromatic rings. The number of halogens is 3. The van der Waals surface area contributed by atoms with Gasteiger partial charge in [0.2, 0.25) is 0 Å². The summed E-state index contributed by atoms with van der Waals surface area (Å²) in [5.74, 6) is -1.74. The van der Waals surface area contributed by atoms with Crippen molar-refractivity contribution < 1.29 is 32.0 Å². The van der Waals surface area contributed by atoms with Crippen LogP contribution < -0.4 is 0 Å². The quantitative estimate of drug-likeness (QED) is 0.128. The van der Waals surface area contributed by atoms with Gasteiger partial charge in [-0.25, -0.2) is 18.0 Å². The lowest BCUT2D eigenvalue weighted by Crippen LogP contribution is -2.10. The first kappa shape index (κ1) is 31.5. The molecule has 0 radical (unpaired) electrons. The summed E-state index contributed by atoms with van der Waals surface area (Å²) >= 11 is 18.1. The molecule has 4 aromatic carbocycles. The average Bonchev–Trinajstić information content (AvgIpc) is 2.95. The maximum atomic E-state index is 11.3. The Bertz CT molecular complexity index is 1450. The summed E-state index contributed by atoms with van der Waals surface area (Å²) < 4.78 is 41.5. The number of rotatable bonds is 6. The van der Waals surface area contributed by atoms with E-state index in [-0.39, 0.29) is 22.0 Å². The number of hydrogen-bond acceptors (Lipinski definition) is 7. The Balaban J connectivity index is 0.000000226. The molecule has 0 fully saturated rings. The van der Waals surface area contributed by atoms with E-state index < -0.39 is 27.0 Å². The highest BCUT2D eigenvalue weighted by molar-refractivity contribution is 7.97. The van der Waals surface area contributed by atoms with Crippen molar-refractivity contribution in [1.82, 2.24) is 0 Å². The number of benzene rings is 4. The van der Waals surface area contributed by atoms with Crippen molar-refractivity contribution in [3.05, 3.63) is 117 Å². The van der Waals surface area contributed by atoms with E-state index in [1.54, 1.807) is 0 Å². The van der Waals surface area contributed by atoms with E-state index in [9.17, 15) is 22.6 Å². The van der Waals surface area contributed by atoms with Crippen molar-refractivity contribution >= 4 is 67.8 Å². The van der Waals surface area contributed by atoms with E-state index in [0.717, 1.165) is 47.5 Å². The number of carbonyl (C=O) groups is 2. The molecule has 40 heavy (non-hydrogen) atoms. The monoisotopic (exact) mass is 638 g/mol. The molecule has 0 unspecified atom stereocenters. The third kappa shape index (κ3) is 8.47. The summed E-state index contributed by atoms with van der Waals surface area (Å²) in [6.07, 6.45) is 0. The van der Waals surface area contributed by atoms with Crippen molar-refractivity contribution in [1.29, 1.82) is 0 Å². The average molecular weight is 640 g/mol. The Kier molecular flexibility index (Phi) is 11.0. The van der Waals surface area contributed by atoms with Gasteiger partial charge >= 0.3 is 11.9 Å². The van der Waals surface area contributed by atoms with Crippen molar-refractivity contribution in [2.75, 3.05) is 14.2 Å². The topological polar surface area (TPSA) is 110 Å². The van der Waals surface area contributed by atoms with E-state index >= 15 is 0 Å². The van der Waals surface area contributed by atoms with Gasteiger partial charge in [-0.1, -0.05) is 34.8 Å². The molecule has 0 heterocycles. The lowest BCUT2D eigenvalue weighted by Gasteiger charge is -2.10. The predicted octanol–water partition coefficient (Wildman–Crippen LogP) is 6.91. The first-order valence-electron chi connectivity index (χ1n) is 11.2. The zero-order valence-corrected chi connectivity index (χ0v) is 24.9. The predicted molar refractivity (Wildman–Crippen MR) is 154 cm³/mol. The fourth-order valence-electron chi connectivity index (χ4n) is 3.34. The fraction of sp³-hybridized carbons (Fsp3) is 0.0714. The highest BCUT2D eigenvalue weighted by atomic mass is 35.5. The summed E-state index contributed by atoms with van der Waals surface area (Å²) in [4.78, 5) is 25.5. The maximum absolute atomic E-state index is 11.3. The van der Waals surface area contributed by atoms with Gasteiger partial charge in [-0.2, -0.15) is 0 Å². The van der Waals surface area contributed by atoms with Gasteiger partial charge in [-0.15, -0.1) is 0 Å². The minimum Gasteiger partial charge on any atom is -0.744 e. The summed E-state index contributed by atoms with van der Waals surface area (Å²) in [6.45, 7) is 0. The van der Waals surface area contributed by atoms with Crippen molar-refractivity contribution in [2.45, 2.75) is 19.6 Å². The Morgan fingerprint density at radius 1 is 0.625 bits per heavy atom. The van der Waals surface area contributed by atoms with Crippen LogP contribution in [0.1, 0.15) is 20.7 Å². The van der Waals surface area contributed by atoms with Gasteiger partial charge in [-0.3, -0.25) is 0 Å². The molecular weight excluding hydrogens is 619 g/mol. The summed E-state index contributed by atoms with van der Waals surface area (Å²) in [5.41, 5.74) is -0.454. The number of esters is 2. The molecule has 0 bridgehead atoms. The minimum absolute atomic E-state index is 0.215. The van der Waals surface area contributed by atoms with Crippen molar-refractivity contribution in [2.24, 2.45) is 0 Å². The van der Waals surface area contributed by atoms with Crippen molar-refractivity contribution in [3.8, 4) is 0 Å². The zero-order valence-electron chi connectivity index (χ0n) is 21.0. The van der Waals surface area contributed by atoms with Gasteiger partial charge in [0, 0.05) is 15.1 Å². The third-order valence-electron chi connectivity index (χ3n) is 5.19. The van der Waals surface area contributed by atoms with E-state index in [2.05, 4.69) is 45.9 Å². The third-order valence-corrected chi connectivity index (χ3v) is 8.99. The van der Waals surface area contributed by atoms with Crippen LogP contribution in [0.2, 0.25) is 15.1 Å². The molecule has 0 aliphatic carbocycles. The standard InChI is InChI=1S/C18H12Cl3S.C10H10O7S/c19-13-1-7-16(8-2-13)22(17-9-3-14(20)4-10-17)18-11-5-15(21)6-12-18;1-16-9(11)6-3-7(10(12)17-2)5-8(4-6)18(13,14)15/h1-12H;3-5H,1-2H3,(H,13,14,15)/q+1;/p-1. The summed E-state index contributed by atoms with van der Waals surface area (Å²) in [7, 11) is -2.85. The van der Waals surface area contributed by atoms with Crippen LogP contribution in [0.15, 0.2) is 111 Å². The second-order valence-corrected chi connectivity index (χ2v) is 12.6. The van der Waals surface area contributed by atoms with E-state index in [1.165, 1.54) is 14.7 Å². The van der Waals surface area contributed by atoms with Crippen LogP contribution in [0.25, 0.3) is 0 Å². The highest BCUT2D eigenvalue weighted by Gasteiger charge is 2.28. The number of hydrogen-bond donors (Lipinski definition) is 0. The van der Waals surface area contributed by atoms with Gasteiger partial charge in [0.25, 0.3) is 0 Å². The SMILES string of the molecule is COC(=O)c1cc(C(=O)OC)cc(S(=O)(=O)[O-])c1.Clc1ccc([S+](c2ccc(Cl)cc2)c2ccc(Cl)cc2)cc1. The van der Waals surface area contributed by atoms with Crippen LogP contribution in [0.5, 0.6) is 0 Å². The molecule has 0 N–H and O–H groups in total. The Hall–Kier alpha value is -3.05. The largest absolute Gasteiger partial charge is 0.744 e. The van der Waals surface area contributed by atoms with Crippen LogP contribution in [0, 0.1) is 0 Å². The molecule has 0 saturated heterocycles. The maximum Gasteiger partial charge on any atom is 0.337 e. The highest BCUT2D eigenvalue weighted by Crippen LogP contribution is 2.33. The van der Waals surface area contributed by atoms with Crippen LogP contribution in [0.4, 0.5) is 0 Å². The molecule has 0 amide bonds. The molecular formula is C28H21Cl3O7S2.